The van der Waals surface area contributed by atoms with Gasteiger partial charge in [0.05, 0.1) is 23.0 Å². The van der Waals surface area contributed by atoms with Crippen molar-refractivity contribution in [3.8, 4) is 0 Å². The summed E-state index contributed by atoms with van der Waals surface area (Å²) < 4.78 is 4.07. The number of halogens is 1. The molecule has 0 unspecified atom stereocenters. The number of nitrogens with zero attached hydrogens (tertiary/aromatic N) is 3. The normalized spacial score (nSPS) is 11.1. The van der Waals surface area contributed by atoms with Crippen molar-refractivity contribution in [3.05, 3.63) is 40.4 Å². The van der Waals surface area contributed by atoms with Crippen molar-refractivity contribution < 1.29 is 0 Å². The molecule has 2 rings (SSSR count). The van der Waals surface area contributed by atoms with Gasteiger partial charge in [-0.1, -0.05) is 18.5 Å². The summed E-state index contributed by atoms with van der Waals surface area (Å²) in [6.07, 6.45) is 2.93. The lowest BCUT2D eigenvalue weighted by Gasteiger charge is -2.09. The highest BCUT2D eigenvalue weighted by atomic mass is 35.5. The summed E-state index contributed by atoms with van der Waals surface area (Å²) in [7, 11) is 3.89. The van der Waals surface area contributed by atoms with E-state index in [1.165, 1.54) is 5.69 Å². The Morgan fingerprint density at radius 2 is 2.22 bits per heavy atom. The van der Waals surface area contributed by atoms with Gasteiger partial charge in [-0.25, -0.2) is 0 Å². The largest absolute Gasteiger partial charge is 0.344 e. The standard InChI is InChI=1S/C13H19ClN4/c1-4-11-13(14)12(17(3)16-11)9-18-7-5-6-10(18)8-15-2/h5-7,15H,4,8-9H2,1-3H3. The first-order valence-electron chi connectivity index (χ1n) is 6.16. The van der Waals surface area contributed by atoms with Gasteiger partial charge in [-0.15, -0.1) is 0 Å². The predicted octanol–water partition coefficient (Wildman–Crippen LogP) is 2.21. The number of nitrogens with one attached hydrogen (secondary N) is 1. The second kappa shape index (κ2) is 5.59. The molecule has 98 valence electrons. The van der Waals surface area contributed by atoms with Crippen LogP contribution in [0.1, 0.15) is 24.0 Å². The highest BCUT2D eigenvalue weighted by molar-refractivity contribution is 6.31. The quantitative estimate of drug-likeness (QED) is 0.901. The summed E-state index contributed by atoms with van der Waals surface area (Å²) in [5.41, 5.74) is 3.27. The fourth-order valence-corrected chi connectivity index (χ4v) is 2.45. The predicted molar refractivity (Wildman–Crippen MR) is 73.9 cm³/mol. The lowest BCUT2D eigenvalue weighted by molar-refractivity contribution is 0.634. The van der Waals surface area contributed by atoms with E-state index in [4.69, 9.17) is 11.6 Å². The van der Waals surface area contributed by atoms with Gasteiger partial charge in [0.2, 0.25) is 0 Å². The fourth-order valence-electron chi connectivity index (χ4n) is 2.10. The molecule has 0 radical (unpaired) electrons. The van der Waals surface area contributed by atoms with E-state index in [0.717, 1.165) is 35.9 Å². The first-order valence-corrected chi connectivity index (χ1v) is 6.54. The van der Waals surface area contributed by atoms with E-state index >= 15 is 0 Å². The third-order valence-corrected chi connectivity index (χ3v) is 3.54. The Kier molecular flexibility index (Phi) is 4.09. The average molecular weight is 267 g/mol. The molecule has 5 heteroatoms. The smallest absolute Gasteiger partial charge is 0.0868 e. The van der Waals surface area contributed by atoms with Crippen molar-refractivity contribution in [2.45, 2.75) is 26.4 Å². The van der Waals surface area contributed by atoms with Crippen LogP contribution in [0.5, 0.6) is 0 Å². The van der Waals surface area contributed by atoms with Crippen molar-refractivity contribution >= 4 is 11.6 Å². The molecule has 0 amide bonds. The number of aromatic nitrogens is 3. The van der Waals surface area contributed by atoms with E-state index in [9.17, 15) is 0 Å². The second-order valence-electron chi connectivity index (χ2n) is 4.34. The lowest BCUT2D eigenvalue weighted by Crippen LogP contribution is -2.13. The van der Waals surface area contributed by atoms with Crippen LogP contribution in [-0.4, -0.2) is 21.4 Å². The summed E-state index contributed by atoms with van der Waals surface area (Å²) in [4.78, 5) is 0. The minimum absolute atomic E-state index is 0.756. The fraction of sp³-hybridized carbons (Fsp3) is 0.462. The van der Waals surface area contributed by atoms with Crippen LogP contribution in [0.25, 0.3) is 0 Å². The van der Waals surface area contributed by atoms with Crippen LogP contribution in [0, 0.1) is 0 Å². The van der Waals surface area contributed by atoms with Crippen LogP contribution in [0.2, 0.25) is 5.02 Å². The third-order valence-electron chi connectivity index (χ3n) is 3.10. The van der Waals surface area contributed by atoms with Gasteiger partial charge in [0.1, 0.15) is 0 Å². The van der Waals surface area contributed by atoms with Crippen LogP contribution >= 0.6 is 11.6 Å². The number of hydrogen-bond acceptors (Lipinski definition) is 2. The van der Waals surface area contributed by atoms with E-state index in [2.05, 4.69) is 40.2 Å². The van der Waals surface area contributed by atoms with Crippen LogP contribution in [0.15, 0.2) is 18.3 Å². The molecule has 0 aliphatic heterocycles. The van der Waals surface area contributed by atoms with Gasteiger partial charge >= 0.3 is 0 Å². The van der Waals surface area contributed by atoms with Crippen molar-refractivity contribution in [2.75, 3.05) is 7.05 Å². The van der Waals surface area contributed by atoms with Crippen molar-refractivity contribution in [2.24, 2.45) is 7.05 Å². The Morgan fingerprint density at radius 3 is 2.83 bits per heavy atom. The molecule has 0 aliphatic carbocycles. The highest BCUT2D eigenvalue weighted by Gasteiger charge is 2.13. The van der Waals surface area contributed by atoms with Gasteiger partial charge in [0.25, 0.3) is 0 Å². The Bertz CT molecular complexity index is 527. The van der Waals surface area contributed by atoms with E-state index in [-0.39, 0.29) is 0 Å². The van der Waals surface area contributed by atoms with Gasteiger partial charge in [0, 0.05) is 25.5 Å². The molecule has 2 aromatic heterocycles. The molecule has 0 saturated heterocycles. The van der Waals surface area contributed by atoms with Crippen LogP contribution in [-0.2, 0) is 26.6 Å². The SMILES string of the molecule is CCc1nn(C)c(Cn2cccc2CNC)c1Cl. The van der Waals surface area contributed by atoms with Crippen molar-refractivity contribution in [3.63, 3.8) is 0 Å². The van der Waals surface area contributed by atoms with E-state index in [1.54, 1.807) is 0 Å². The summed E-state index contributed by atoms with van der Waals surface area (Å²) in [6.45, 7) is 3.68. The van der Waals surface area contributed by atoms with Gasteiger partial charge in [0.15, 0.2) is 0 Å². The number of aryl methyl sites for hydroxylation is 2. The minimum Gasteiger partial charge on any atom is -0.344 e. The molecular weight excluding hydrogens is 248 g/mol. The van der Waals surface area contributed by atoms with E-state index < -0.39 is 0 Å². The molecule has 0 aromatic carbocycles. The molecule has 18 heavy (non-hydrogen) atoms. The maximum Gasteiger partial charge on any atom is 0.0868 e. The number of rotatable bonds is 5. The summed E-state index contributed by atoms with van der Waals surface area (Å²) in [5, 5.41) is 8.40. The first-order chi connectivity index (χ1) is 8.67. The molecule has 0 spiro atoms. The minimum atomic E-state index is 0.756. The molecule has 0 aliphatic rings. The zero-order valence-corrected chi connectivity index (χ0v) is 11.8. The van der Waals surface area contributed by atoms with Crippen LogP contribution in [0.3, 0.4) is 0 Å². The average Bonchev–Trinajstić information content (AvgIpc) is 2.89. The Balaban J connectivity index is 2.28. The van der Waals surface area contributed by atoms with Gasteiger partial charge in [-0.2, -0.15) is 5.10 Å². The molecule has 0 fully saturated rings. The maximum absolute atomic E-state index is 6.36. The van der Waals surface area contributed by atoms with E-state index in [1.807, 2.05) is 18.8 Å². The molecule has 0 atom stereocenters. The first kappa shape index (κ1) is 13.2. The third kappa shape index (κ3) is 2.44. The monoisotopic (exact) mass is 266 g/mol. The summed E-state index contributed by atoms with van der Waals surface area (Å²) >= 11 is 6.36. The molecule has 2 aromatic rings. The Hall–Kier alpha value is -1.26. The highest BCUT2D eigenvalue weighted by Crippen LogP contribution is 2.22. The molecular formula is C13H19ClN4. The molecule has 4 nitrogen and oxygen atoms in total. The van der Waals surface area contributed by atoms with Gasteiger partial charge in [-0.05, 0) is 25.6 Å². The van der Waals surface area contributed by atoms with E-state index in [0.29, 0.717) is 0 Å². The van der Waals surface area contributed by atoms with Crippen LogP contribution < -0.4 is 5.32 Å². The Labute approximate surface area is 113 Å². The summed E-state index contributed by atoms with van der Waals surface area (Å²) in [6, 6.07) is 4.17. The van der Waals surface area contributed by atoms with Crippen molar-refractivity contribution in [1.29, 1.82) is 0 Å². The second-order valence-corrected chi connectivity index (χ2v) is 4.72. The summed E-state index contributed by atoms with van der Waals surface area (Å²) in [5.74, 6) is 0. The van der Waals surface area contributed by atoms with Crippen molar-refractivity contribution in [1.82, 2.24) is 19.7 Å². The zero-order valence-electron chi connectivity index (χ0n) is 11.1. The van der Waals surface area contributed by atoms with Gasteiger partial charge < -0.3 is 9.88 Å². The van der Waals surface area contributed by atoms with Crippen LogP contribution in [0.4, 0.5) is 0 Å². The number of hydrogen-bond donors (Lipinski definition) is 1. The lowest BCUT2D eigenvalue weighted by atomic mass is 10.3. The molecule has 1 N–H and O–H groups in total. The van der Waals surface area contributed by atoms with Gasteiger partial charge in [-0.3, -0.25) is 4.68 Å². The molecule has 0 bridgehead atoms. The molecule has 0 saturated carbocycles. The zero-order chi connectivity index (χ0) is 13.1. The Morgan fingerprint density at radius 1 is 1.44 bits per heavy atom. The molecule has 2 heterocycles. The maximum atomic E-state index is 6.36. The topological polar surface area (TPSA) is 34.8 Å².